The van der Waals surface area contributed by atoms with Gasteiger partial charge < -0.3 is 5.32 Å². The second-order valence-electron chi connectivity index (χ2n) is 5.23. The molecule has 1 fully saturated rings. The minimum Gasteiger partial charge on any atom is -0.312 e. The maximum absolute atomic E-state index is 8.82. The number of hydrogen-bond donors (Lipinski definition) is 1. The Bertz CT molecular complexity index is 406. The highest BCUT2D eigenvalue weighted by Crippen LogP contribution is 2.29. The van der Waals surface area contributed by atoms with Crippen molar-refractivity contribution >= 4 is 0 Å². The van der Waals surface area contributed by atoms with E-state index in [1.165, 1.54) is 24.8 Å². The van der Waals surface area contributed by atoms with Crippen molar-refractivity contribution in [1.29, 1.82) is 5.26 Å². The van der Waals surface area contributed by atoms with Gasteiger partial charge in [0.15, 0.2) is 0 Å². The lowest BCUT2D eigenvalue weighted by molar-refractivity contribution is 0.470. The fourth-order valence-corrected chi connectivity index (χ4v) is 2.68. The lowest BCUT2D eigenvalue weighted by Crippen LogP contribution is -2.20. The maximum Gasteiger partial charge on any atom is 0.0991 e. The molecule has 90 valence electrons. The third kappa shape index (κ3) is 3.57. The van der Waals surface area contributed by atoms with Crippen molar-refractivity contribution in [3.8, 4) is 6.07 Å². The summed E-state index contributed by atoms with van der Waals surface area (Å²) in [5.74, 6) is 1.76. The van der Waals surface area contributed by atoms with Gasteiger partial charge in [-0.05, 0) is 48.9 Å². The first-order valence-corrected chi connectivity index (χ1v) is 6.47. The zero-order valence-corrected chi connectivity index (χ0v) is 10.4. The SMILES string of the molecule is CC1CCC(CNCc2cccc(C#N)c2)C1. The smallest absolute Gasteiger partial charge is 0.0991 e. The first-order chi connectivity index (χ1) is 8.28. The number of hydrogen-bond acceptors (Lipinski definition) is 2. The zero-order chi connectivity index (χ0) is 12.1. The van der Waals surface area contributed by atoms with E-state index in [0.29, 0.717) is 0 Å². The second kappa shape index (κ2) is 5.84. The summed E-state index contributed by atoms with van der Waals surface area (Å²) in [7, 11) is 0. The van der Waals surface area contributed by atoms with Gasteiger partial charge in [0, 0.05) is 6.54 Å². The molecule has 2 rings (SSSR count). The monoisotopic (exact) mass is 228 g/mol. The van der Waals surface area contributed by atoms with Crippen molar-refractivity contribution < 1.29 is 0 Å². The first-order valence-electron chi connectivity index (χ1n) is 6.47. The van der Waals surface area contributed by atoms with Crippen LogP contribution in [0.4, 0.5) is 0 Å². The molecule has 0 heterocycles. The number of rotatable bonds is 4. The highest BCUT2D eigenvalue weighted by atomic mass is 14.9. The van der Waals surface area contributed by atoms with Gasteiger partial charge in [-0.3, -0.25) is 0 Å². The molecule has 0 aromatic heterocycles. The molecule has 1 saturated carbocycles. The normalized spacial score (nSPS) is 23.5. The Morgan fingerprint density at radius 3 is 3.00 bits per heavy atom. The average Bonchev–Trinajstić information content (AvgIpc) is 2.75. The summed E-state index contributed by atoms with van der Waals surface area (Å²) in [5.41, 5.74) is 1.95. The van der Waals surface area contributed by atoms with E-state index in [4.69, 9.17) is 5.26 Å². The van der Waals surface area contributed by atoms with Crippen LogP contribution in [0.1, 0.15) is 37.3 Å². The predicted molar refractivity (Wildman–Crippen MR) is 69.4 cm³/mol. The molecule has 0 bridgehead atoms. The molecule has 1 aliphatic rings. The van der Waals surface area contributed by atoms with E-state index >= 15 is 0 Å². The highest BCUT2D eigenvalue weighted by molar-refractivity contribution is 5.32. The van der Waals surface area contributed by atoms with Crippen LogP contribution in [0, 0.1) is 23.2 Å². The zero-order valence-electron chi connectivity index (χ0n) is 10.4. The van der Waals surface area contributed by atoms with Crippen LogP contribution >= 0.6 is 0 Å². The van der Waals surface area contributed by atoms with Gasteiger partial charge >= 0.3 is 0 Å². The molecule has 0 saturated heterocycles. The molecule has 2 heteroatoms. The summed E-state index contributed by atoms with van der Waals surface area (Å²) < 4.78 is 0. The Morgan fingerprint density at radius 2 is 2.29 bits per heavy atom. The number of nitriles is 1. The van der Waals surface area contributed by atoms with Gasteiger partial charge in [0.25, 0.3) is 0 Å². The first kappa shape index (κ1) is 12.1. The number of nitrogens with one attached hydrogen (secondary N) is 1. The molecule has 0 aliphatic heterocycles. The molecule has 2 unspecified atom stereocenters. The molecule has 17 heavy (non-hydrogen) atoms. The van der Waals surface area contributed by atoms with Crippen molar-refractivity contribution in [2.24, 2.45) is 11.8 Å². The molecular weight excluding hydrogens is 208 g/mol. The van der Waals surface area contributed by atoms with E-state index in [-0.39, 0.29) is 0 Å². The topological polar surface area (TPSA) is 35.8 Å². The molecule has 1 aromatic carbocycles. The predicted octanol–water partition coefficient (Wildman–Crippen LogP) is 3.08. The number of benzene rings is 1. The van der Waals surface area contributed by atoms with E-state index in [2.05, 4.69) is 24.4 Å². The van der Waals surface area contributed by atoms with Crippen LogP contribution in [-0.4, -0.2) is 6.54 Å². The average molecular weight is 228 g/mol. The van der Waals surface area contributed by atoms with Gasteiger partial charge in [0.2, 0.25) is 0 Å². The molecule has 0 spiro atoms. The number of nitrogens with zero attached hydrogens (tertiary/aromatic N) is 1. The van der Waals surface area contributed by atoms with E-state index in [0.717, 1.165) is 30.5 Å². The Hall–Kier alpha value is -1.33. The molecule has 1 N–H and O–H groups in total. The van der Waals surface area contributed by atoms with Crippen molar-refractivity contribution in [3.63, 3.8) is 0 Å². The lowest BCUT2D eigenvalue weighted by atomic mass is 10.1. The molecular formula is C15H20N2. The minimum atomic E-state index is 0.749. The Morgan fingerprint density at radius 1 is 1.41 bits per heavy atom. The summed E-state index contributed by atoms with van der Waals surface area (Å²) in [4.78, 5) is 0. The van der Waals surface area contributed by atoms with Crippen LogP contribution in [0.15, 0.2) is 24.3 Å². The third-order valence-electron chi connectivity index (χ3n) is 3.62. The van der Waals surface area contributed by atoms with Crippen LogP contribution in [0.2, 0.25) is 0 Å². The quantitative estimate of drug-likeness (QED) is 0.859. The summed E-state index contributed by atoms with van der Waals surface area (Å²) in [6, 6.07) is 10.0. The van der Waals surface area contributed by atoms with Crippen LogP contribution in [-0.2, 0) is 6.54 Å². The summed E-state index contributed by atoms with van der Waals surface area (Å²) in [5, 5.41) is 12.3. The minimum absolute atomic E-state index is 0.749. The fraction of sp³-hybridized carbons (Fsp3) is 0.533. The summed E-state index contributed by atoms with van der Waals surface area (Å²) in [6.45, 7) is 4.33. The van der Waals surface area contributed by atoms with Gasteiger partial charge in [-0.1, -0.05) is 25.5 Å². The maximum atomic E-state index is 8.82. The van der Waals surface area contributed by atoms with Crippen LogP contribution < -0.4 is 5.32 Å². The van der Waals surface area contributed by atoms with Gasteiger partial charge in [0.05, 0.1) is 11.6 Å². The van der Waals surface area contributed by atoms with E-state index in [1.54, 1.807) is 0 Å². The highest BCUT2D eigenvalue weighted by Gasteiger charge is 2.20. The van der Waals surface area contributed by atoms with Crippen LogP contribution in [0.5, 0.6) is 0 Å². The Balaban J connectivity index is 1.76. The fourth-order valence-electron chi connectivity index (χ4n) is 2.68. The van der Waals surface area contributed by atoms with E-state index in [9.17, 15) is 0 Å². The molecule has 0 amide bonds. The van der Waals surface area contributed by atoms with Crippen molar-refractivity contribution in [3.05, 3.63) is 35.4 Å². The van der Waals surface area contributed by atoms with Crippen molar-refractivity contribution in [2.75, 3.05) is 6.54 Å². The van der Waals surface area contributed by atoms with Gasteiger partial charge in [-0.2, -0.15) is 5.26 Å². The van der Waals surface area contributed by atoms with Gasteiger partial charge in [-0.25, -0.2) is 0 Å². The molecule has 0 radical (unpaired) electrons. The molecule has 1 aliphatic carbocycles. The second-order valence-corrected chi connectivity index (χ2v) is 5.23. The summed E-state index contributed by atoms with van der Waals surface area (Å²) in [6.07, 6.45) is 4.12. The van der Waals surface area contributed by atoms with Crippen molar-refractivity contribution in [1.82, 2.24) is 5.32 Å². The standard InChI is InChI=1S/C15H20N2/c1-12-5-6-15(7-12)11-17-10-14-4-2-3-13(8-14)9-16/h2-4,8,12,15,17H,5-7,10-11H2,1H3. The molecule has 1 aromatic rings. The van der Waals surface area contributed by atoms with E-state index < -0.39 is 0 Å². The van der Waals surface area contributed by atoms with Gasteiger partial charge in [0.1, 0.15) is 0 Å². The van der Waals surface area contributed by atoms with Crippen LogP contribution in [0.3, 0.4) is 0 Å². The lowest BCUT2D eigenvalue weighted by Gasteiger charge is -2.11. The van der Waals surface area contributed by atoms with E-state index in [1.807, 2.05) is 18.2 Å². The van der Waals surface area contributed by atoms with Crippen LogP contribution in [0.25, 0.3) is 0 Å². The third-order valence-corrected chi connectivity index (χ3v) is 3.62. The Labute approximate surface area is 104 Å². The van der Waals surface area contributed by atoms with Crippen molar-refractivity contribution in [2.45, 2.75) is 32.7 Å². The molecule has 2 atom stereocenters. The largest absolute Gasteiger partial charge is 0.312 e. The molecule has 2 nitrogen and oxygen atoms in total. The summed E-state index contributed by atoms with van der Waals surface area (Å²) >= 11 is 0. The Kier molecular flexibility index (Phi) is 4.17. The van der Waals surface area contributed by atoms with Gasteiger partial charge in [-0.15, -0.1) is 0 Å².